The van der Waals surface area contributed by atoms with Crippen LogP contribution in [0.25, 0.3) is 0 Å². The lowest BCUT2D eigenvalue weighted by Gasteiger charge is -2.73. The van der Waals surface area contributed by atoms with Crippen LogP contribution in [0.1, 0.15) is 99.3 Å². The molecule has 0 amide bonds. The number of rotatable bonds is 8. The van der Waals surface area contributed by atoms with Crippen LogP contribution in [0.3, 0.4) is 0 Å². The third kappa shape index (κ3) is 5.02. The molecule has 0 aromatic rings. The van der Waals surface area contributed by atoms with Gasteiger partial charge in [-0.15, -0.1) is 0 Å². The number of hydrogen-bond acceptors (Lipinski definition) is 9. The summed E-state index contributed by atoms with van der Waals surface area (Å²) < 4.78 is 5.84. The second kappa shape index (κ2) is 11.8. The zero-order valence-corrected chi connectivity index (χ0v) is 28.5. The molecule has 262 valence electrons. The maximum atomic E-state index is 13.1. The van der Waals surface area contributed by atoms with Crippen LogP contribution >= 0.6 is 0 Å². The number of allylic oxidation sites excluding steroid dienone is 1. The number of aliphatic hydroxyl groups excluding tert-OH is 6. The van der Waals surface area contributed by atoms with Gasteiger partial charge in [0.05, 0.1) is 18.1 Å². The average Bonchev–Trinajstić information content (AvgIpc) is 3.36. The Hall–Kier alpha value is -1.56. The van der Waals surface area contributed by atoms with E-state index >= 15 is 0 Å². The zero-order valence-electron chi connectivity index (χ0n) is 28.5. The highest BCUT2D eigenvalue weighted by Gasteiger charge is 2.73. The molecule has 10 heteroatoms. The maximum absolute atomic E-state index is 13.1. The molecule has 0 aromatic carbocycles. The second-order valence-electron chi connectivity index (χ2n) is 17.4. The minimum absolute atomic E-state index is 0.00538. The summed E-state index contributed by atoms with van der Waals surface area (Å²) in [5, 5.41) is 72.4. The predicted molar refractivity (Wildman–Crippen MR) is 169 cm³/mol. The van der Waals surface area contributed by atoms with Gasteiger partial charge in [0.1, 0.15) is 24.4 Å². The standard InChI is InChI=1S/C36H58O10/c1-18(2)20-10-11-36(31(44)45)13-12-34(6)21(25(20)36)8-9-24-33(5)15-19(14-32(3,4)29(33)22(38)16-35(24,34)7)46-30(43)28(42)27(41)26(40)23(39)17-37/h19-29,37-42H,1,8-17H2,2-7H3,(H,44,45). The molecule has 0 saturated heterocycles. The number of esters is 1. The number of aliphatic carboxylic acids is 1. The summed E-state index contributed by atoms with van der Waals surface area (Å²) in [7, 11) is 0. The van der Waals surface area contributed by atoms with E-state index in [9.17, 15) is 40.2 Å². The highest BCUT2D eigenvalue weighted by atomic mass is 16.6. The van der Waals surface area contributed by atoms with Crippen molar-refractivity contribution >= 4 is 11.9 Å². The largest absolute Gasteiger partial charge is 0.481 e. The van der Waals surface area contributed by atoms with Crippen LogP contribution in [0.4, 0.5) is 0 Å². The van der Waals surface area contributed by atoms with E-state index in [1.165, 1.54) is 0 Å². The molecule has 0 radical (unpaired) electrons. The van der Waals surface area contributed by atoms with E-state index in [0.717, 1.165) is 31.3 Å². The monoisotopic (exact) mass is 650 g/mol. The second-order valence-corrected chi connectivity index (χ2v) is 17.4. The van der Waals surface area contributed by atoms with Gasteiger partial charge in [0, 0.05) is 0 Å². The van der Waals surface area contributed by atoms with Gasteiger partial charge in [-0.25, -0.2) is 4.79 Å². The molecule has 0 aliphatic heterocycles. The Kier molecular flexibility index (Phi) is 9.17. The molecule has 5 fully saturated rings. The van der Waals surface area contributed by atoms with E-state index in [4.69, 9.17) is 9.84 Å². The third-order valence-electron chi connectivity index (χ3n) is 14.8. The van der Waals surface area contributed by atoms with Gasteiger partial charge in [-0.3, -0.25) is 4.79 Å². The molecule has 15 unspecified atom stereocenters. The number of ether oxygens (including phenoxy) is 1. The van der Waals surface area contributed by atoms with E-state index in [1.54, 1.807) is 0 Å². The topological polar surface area (TPSA) is 185 Å². The normalized spacial score (nSPS) is 47.2. The fourth-order valence-electron chi connectivity index (χ4n) is 12.9. The molecule has 5 aliphatic carbocycles. The Morgan fingerprint density at radius 1 is 0.891 bits per heavy atom. The van der Waals surface area contributed by atoms with Gasteiger partial charge in [0.25, 0.3) is 0 Å². The minimum atomic E-state index is -2.12. The first-order valence-corrected chi connectivity index (χ1v) is 17.3. The summed E-state index contributed by atoms with van der Waals surface area (Å²) in [6.45, 7) is 16.5. The molecule has 46 heavy (non-hydrogen) atoms. The van der Waals surface area contributed by atoms with Gasteiger partial charge in [0.15, 0.2) is 6.10 Å². The maximum Gasteiger partial charge on any atom is 0.338 e. The van der Waals surface area contributed by atoms with Crippen molar-refractivity contribution < 1.29 is 50.1 Å². The molecule has 0 spiro atoms. The highest BCUT2D eigenvalue weighted by Crippen LogP contribution is 2.77. The quantitative estimate of drug-likeness (QED) is 0.152. The molecule has 10 nitrogen and oxygen atoms in total. The number of carboxylic acids is 1. The van der Waals surface area contributed by atoms with Gasteiger partial charge in [-0.05, 0) is 116 Å². The van der Waals surface area contributed by atoms with Crippen LogP contribution in [-0.4, -0.2) is 90.9 Å². The van der Waals surface area contributed by atoms with E-state index in [1.807, 2.05) is 6.92 Å². The average molecular weight is 651 g/mol. The summed E-state index contributed by atoms with van der Waals surface area (Å²) in [4.78, 5) is 26.0. The number of carbonyl (C=O) groups is 2. The first-order chi connectivity index (χ1) is 21.2. The van der Waals surface area contributed by atoms with Crippen molar-refractivity contribution in [1.29, 1.82) is 0 Å². The molecular formula is C36H58O10. The smallest absolute Gasteiger partial charge is 0.338 e. The van der Waals surface area contributed by atoms with Crippen LogP contribution in [0.2, 0.25) is 0 Å². The van der Waals surface area contributed by atoms with E-state index < -0.39 is 71.4 Å². The van der Waals surface area contributed by atoms with Gasteiger partial charge in [-0.1, -0.05) is 46.8 Å². The Labute approximate surface area is 273 Å². The molecule has 15 atom stereocenters. The van der Waals surface area contributed by atoms with Crippen molar-refractivity contribution in [2.75, 3.05) is 6.61 Å². The Bertz CT molecular complexity index is 1220. The predicted octanol–water partition coefficient (Wildman–Crippen LogP) is 3.05. The lowest BCUT2D eigenvalue weighted by atomic mass is 9.32. The van der Waals surface area contributed by atoms with E-state index in [-0.39, 0.29) is 40.4 Å². The first-order valence-electron chi connectivity index (χ1n) is 17.3. The van der Waals surface area contributed by atoms with Crippen LogP contribution in [0.5, 0.6) is 0 Å². The number of carbonyl (C=O) groups excluding carboxylic acids is 1. The third-order valence-corrected chi connectivity index (χ3v) is 14.8. The van der Waals surface area contributed by atoms with Crippen LogP contribution < -0.4 is 0 Å². The molecule has 5 aliphatic rings. The van der Waals surface area contributed by atoms with Crippen molar-refractivity contribution in [2.24, 2.45) is 56.7 Å². The fraction of sp³-hybridized carbons (Fsp3) is 0.889. The minimum Gasteiger partial charge on any atom is -0.481 e. The summed E-state index contributed by atoms with van der Waals surface area (Å²) in [5.41, 5.74) is -1.10. The van der Waals surface area contributed by atoms with Crippen LogP contribution in [0.15, 0.2) is 12.2 Å². The van der Waals surface area contributed by atoms with Crippen molar-refractivity contribution in [3.63, 3.8) is 0 Å². The molecule has 7 N–H and O–H groups in total. The van der Waals surface area contributed by atoms with Crippen molar-refractivity contribution in [2.45, 2.75) is 136 Å². The highest BCUT2D eigenvalue weighted by molar-refractivity contribution is 5.76. The van der Waals surface area contributed by atoms with Gasteiger partial charge < -0.3 is 40.5 Å². The summed E-state index contributed by atoms with van der Waals surface area (Å²) in [6, 6.07) is 0. The summed E-state index contributed by atoms with van der Waals surface area (Å²) >= 11 is 0. The Balaban J connectivity index is 1.46. The zero-order chi connectivity index (χ0) is 34.4. The molecule has 0 heterocycles. The number of fused-ring (bicyclic) bond motifs is 7. The molecule has 5 saturated carbocycles. The SMILES string of the molecule is C=C(C)C1CCC2(C(=O)O)CCC3(C)C(CCC4C5(C)CC(OC(=O)C(O)C(O)C(O)C(O)CO)CC(C)(C)C5C(O)CC43C)C12. The van der Waals surface area contributed by atoms with Crippen LogP contribution in [-0.2, 0) is 14.3 Å². The van der Waals surface area contributed by atoms with Gasteiger partial charge >= 0.3 is 11.9 Å². The number of aliphatic hydroxyl groups is 6. The molecule has 5 rings (SSSR count). The van der Waals surface area contributed by atoms with Gasteiger partial charge in [-0.2, -0.15) is 0 Å². The summed E-state index contributed by atoms with van der Waals surface area (Å²) in [6.07, 6.45) is -2.89. The van der Waals surface area contributed by atoms with Crippen molar-refractivity contribution in [3.8, 4) is 0 Å². The first kappa shape index (κ1) is 35.7. The number of hydrogen-bond donors (Lipinski definition) is 7. The molecule has 0 aromatic heterocycles. The van der Waals surface area contributed by atoms with Crippen LogP contribution in [0, 0.1) is 56.7 Å². The molecular weight excluding hydrogens is 592 g/mol. The Morgan fingerprint density at radius 2 is 1.54 bits per heavy atom. The lowest BCUT2D eigenvalue weighted by molar-refractivity contribution is -0.273. The number of carboxylic acid groups (broad SMARTS) is 1. The van der Waals surface area contributed by atoms with E-state index in [0.29, 0.717) is 32.1 Å². The Morgan fingerprint density at radius 3 is 2.13 bits per heavy atom. The lowest BCUT2D eigenvalue weighted by Crippen LogP contribution is -2.69. The van der Waals surface area contributed by atoms with Gasteiger partial charge in [0.2, 0.25) is 0 Å². The molecule has 0 bridgehead atoms. The van der Waals surface area contributed by atoms with E-state index in [2.05, 4.69) is 41.2 Å². The fourth-order valence-corrected chi connectivity index (χ4v) is 12.9. The van der Waals surface area contributed by atoms with Crippen molar-refractivity contribution in [3.05, 3.63) is 12.2 Å². The summed E-state index contributed by atoms with van der Waals surface area (Å²) in [5.74, 6) is -1.37. The van der Waals surface area contributed by atoms with Crippen molar-refractivity contribution in [1.82, 2.24) is 0 Å².